The standard InChI is InChI=1S/C24H24F2N4O3/c1-13(2)23(32)27-20-12-16(9-8-14(20)3)19-10-11-21(31)30(29-19)15(4)24(33)28-22-17(25)6-5-7-18(22)26/h5-13,15H,1-4H3,(H,27,32)(H,28,33). The van der Waals surface area contributed by atoms with Crippen molar-refractivity contribution >= 4 is 23.2 Å². The van der Waals surface area contributed by atoms with Crippen LogP contribution in [-0.4, -0.2) is 21.6 Å². The van der Waals surface area contributed by atoms with Crippen LogP contribution >= 0.6 is 0 Å². The molecule has 0 spiro atoms. The Hall–Kier alpha value is -3.88. The zero-order valence-corrected chi connectivity index (χ0v) is 18.6. The number of anilines is 2. The minimum atomic E-state index is -1.15. The summed E-state index contributed by atoms with van der Waals surface area (Å²) in [5.74, 6) is -3.01. The van der Waals surface area contributed by atoms with Crippen LogP contribution in [0.1, 0.15) is 32.4 Å². The van der Waals surface area contributed by atoms with Crippen LogP contribution in [0.25, 0.3) is 11.3 Å². The summed E-state index contributed by atoms with van der Waals surface area (Å²) in [4.78, 5) is 37.1. The Kier molecular flexibility index (Phi) is 7.01. The number of benzene rings is 2. The molecule has 1 aromatic heterocycles. The van der Waals surface area contributed by atoms with Gasteiger partial charge in [0.05, 0.1) is 5.69 Å². The maximum Gasteiger partial charge on any atom is 0.267 e. The third-order valence-corrected chi connectivity index (χ3v) is 5.10. The van der Waals surface area contributed by atoms with Gasteiger partial charge in [-0.1, -0.05) is 32.0 Å². The number of hydrogen-bond donors (Lipinski definition) is 2. The molecule has 2 amide bonds. The van der Waals surface area contributed by atoms with Crippen LogP contribution in [0.3, 0.4) is 0 Å². The summed E-state index contributed by atoms with van der Waals surface area (Å²) < 4.78 is 28.7. The molecule has 3 rings (SSSR count). The zero-order chi connectivity index (χ0) is 24.3. The molecular formula is C24H24F2N4O3. The number of hydrogen-bond acceptors (Lipinski definition) is 4. The number of aromatic nitrogens is 2. The van der Waals surface area contributed by atoms with E-state index in [0.29, 0.717) is 16.9 Å². The fourth-order valence-corrected chi connectivity index (χ4v) is 3.01. The molecule has 0 fully saturated rings. The number of carbonyl (C=O) groups is 2. The molecule has 0 aliphatic carbocycles. The van der Waals surface area contributed by atoms with Crippen molar-refractivity contribution in [2.75, 3.05) is 10.6 Å². The second kappa shape index (κ2) is 9.72. The smallest absolute Gasteiger partial charge is 0.267 e. The van der Waals surface area contributed by atoms with Crippen molar-refractivity contribution in [3.8, 4) is 11.3 Å². The quantitative estimate of drug-likeness (QED) is 0.581. The fraction of sp³-hybridized carbons (Fsp3) is 0.250. The Labute approximate surface area is 189 Å². The molecule has 2 N–H and O–H groups in total. The van der Waals surface area contributed by atoms with Crippen molar-refractivity contribution < 1.29 is 18.4 Å². The van der Waals surface area contributed by atoms with Crippen LogP contribution in [0.15, 0.2) is 53.3 Å². The second-order valence-electron chi connectivity index (χ2n) is 7.94. The van der Waals surface area contributed by atoms with E-state index >= 15 is 0 Å². The minimum absolute atomic E-state index is 0.140. The Bertz CT molecular complexity index is 1250. The van der Waals surface area contributed by atoms with E-state index in [1.165, 1.54) is 25.1 Å². The number of rotatable bonds is 6. The molecule has 3 aromatic rings. The summed E-state index contributed by atoms with van der Waals surface area (Å²) in [6.45, 7) is 6.81. The summed E-state index contributed by atoms with van der Waals surface area (Å²) >= 11 is 0. The minimum Gasteiger partial charge on any atom is -0.326 e. The van der Waals surface area contributed by atoms with Gasteiger partial charge in [0.25, 0.3) is 5.56 Å². The predicted octanol–water partition coefficient (Wildman–Crippen LogP) is 4.29. The second-order valence-corrected chi connectivity index (χ2v) is 7.94. The third kappa shape index (κ3) is 5.31. The van der Waals surface area contributed by atoms with Gasteiger partial charge < -0.3 is 10.6 Å². The van der Waals surface area contributed by atoms with Gasteiger partial charge >= 0.3 is 0 Å². The molecule has 1 atom stereocenters. The van der Waals surface area contributed by atoms with Gasteiger partial charge in [0.1, 0.15) is 23.4 Å². The van der Waals surface area contributed by atoms with Gasteiger partial charge in [0.15, 0.2) is 0 Å². The van der Waals surface area contributed by atoms with Gasteiger partial charge in [-0.2, -0.15) is 5.10 Å². The van der Waals surface area contributed by atoms with Crippen molar-refractivity contribution in [2.45, 2.75) is 33.7 Å². The molecule has 0 saturated heterocycles. The van der Waals surface area contributed by atoms with Gasteiger partial charge in [-0.05, 0) is 43.7 Å². The first-order valence-electron chi connectivity index (χ1n) is 10.3. The highest BCUT2D eigenvalue weighted by molar-refractivity contribution is 5.94. The average Bonchev–Trinajstić information content (AvgIpc) is 2.77. The highest BCUT2D eigenvalue weighted by Gasteiger charge is 2.21. The van der Waals surface area contributed by atoms with Crippen LogP contribution < -0.4 is 16.2 Å². The van der Waals surface area contributed by atoms with Gasteiger partial charge in [-0.15, -0.1) is 0 Å². The number of para-hydroxylation sites is 1. The monoisotopic (exact) mass is 454 g/mol. The van der Waals surface area contributed by atoms with E-state index in [1.807, 2.05) is 6.92 Å². The summed E-state index contributed by atoms with van der Waals surface area (Å²) in [6, 6.07) is 10.1. The van der Waals surface area contributed by atoms with Crippen LogP contribution in [0.2, 0.25) is 0 Å². The Morgan fingerprint density at radius 3 is 2.24 bits per heavy atom. The molecule has 7 nitrogen and oxygen atoms in total. The predicted molar refractivity (Wildman–Crippen MR) is 122 cm³/mol. The molecule has 0 radical (unpaired) electrons. The molecule has 33 heavy (non-hydrogen) atoms. The Balaban J connectivity index is 1.91. The number of nitrogens with zero attached hydrogens (tertiary/aromatic N) is 2. The van der Waals surface area contributed by atoms with Gasteiger partial charge in [-0.3, -0.25) is 14.4 Å². The van der Waals surface area contributed by atoms with Crippen LogP contribution in [0.4, 0.5) is 20.2 Å². The van der Waals surface area contributed by atoms with E-state index in [-0.39, 0.29) is 11.8 Å². The zero-order valence-electron chi connectivity index (χ0n) is 18.6. The molecule has 172 valence electrons. The first-order valence-corrected chi connectivity index (χ1v) is 10.3. The lowest BCUT2D eigenvalue weighted by Gasteiger charge is -2.16. The molecule has 0 bridgehead atoms. The highest BCUT2D eigenvalue weighted by atomic mass is 19.1. The van der Waals surface area contributed by atoms with E-state index in [2.05, 4.69) is 15.7 Å². The highest BCUT2D eigenvalue weighted by Crippen LogP contribution is 2.25. The third-order valence-electron chi connectivity index (χ3n) is 5.10. The average molecular weight is 454 g/mol. The lowest BCUT2D eigenvalue weighted by Crippen LogP contribution is -2.33. The molecule has 2 aromatic carbocycles. The topological polar surface area (TPSA) is 93.1 Å². The lowest BCUT2D eigenvalue weighted by atomic mass is 10.1. The van der Waals surface area contributed by atoms with Crippen molar-refractivity contribution in [1.29, 1.82) is 0 Å². The summed E-state index contributed by atoms with van der Waals surface area (Å²) in [5, 5.41) is 9.31. The maximum absolute atomic E-state index is 13.9. The molecule has 9 heteroatoms. The Morgan fingerprint density at radius 1 is 0.939 bits per heavy atom. The fourth-order valence-electron chi connectivity index (χ4n) is 3.01. The van der Waals surface area contributed by atoms with Crippen LogP contribution in [0.5, 0.6) is 0 Å². The van der Waals surface area contributed by atoms with Crippen molar-refractivity contribution in [1.82, 2.24) is 9.78 Å². The SMILES string of the molecule is Cc1ccc(-c2ccc(=O)n(C(C)C(=O)Nc3c(F)cccc3F)n2)cc1NC(=O)C(C)C. The molecule has 0 aliphatic heterocycles. The number of nitrogens with one attached hydrogen (secondary N) is 2. The van der Waals surface area contributed by atoms with Gasteiger partial charge in [0, 0.05) is 23.2 Å². The first kappa shape index (κ1) is 23.8. The molecule has 1 unspecified atom stereocenters. The van der Waals surface area contributed by atoms with E-state index in [1.54, 1.807) is 32.0 Å². The van der Waals surface area contributed by atoms with E-state index in [0.717, 1.165) is 22.4 Å². The lowest BCUT2D eigenvalue weighted by molar-refractivity contribution is -0.119. The maximum atomic E-state index is 13.9. The largest absolute Gasteiger partial charge is 0.326 e. The van der Waals surface area contributed by atoms with Crippen LogP contribution in [-0.2, 0) is 9.59 Å². The van der Waals surface area contributed by atoms with Gasteiger partial charge in [-0.25, -0.2) is 13.5 Å². The first-order chi connectivity index (χ1) is 15.6. The van der Waals surface area contributed by atoms with Crippen LogP contribution in [0, 0.1) is 24.5 Å². The van der Waals surface area contributed by atoms with E-state index in [9.17, 15) is 23.2 Å². The summed E-state index contributed by atoms with van der Waals surface area (Å²) in [5.41, 5.74) is 1.29. The van der Waals surface area contributed by atoms with Gasteiger partial charge in [0.2, 0.25) is 11.8 Å². The molecular weight excluding hydrogens is 430 g/mol. The van der Waals surface area contributed by atoms with E-state index in [4.69, 9.17) is 0 Å². The molecule has 0 saturated carbocycles. The van der Waals surface area contributed by atoms with Crippen molar-refractivity contribution in [2.24, 2.45) is 5.92 Å². The summed E-state index contributed by atoms with van der Waals surface area (Å²) in [7, 11) is 0. The number of carbonyl (C=O) groups excluding carboxylic acids is 2. The van der Waals surface area contributed by atoms with Crippen molar-refractivity contribution in [3.63, 3.8) is 0 Å². The number of amides is 2. The summed E-state index contributed by atoms with van der Waals surface area (Å²) in [6.07, 6.45) is 0. The molecule has 1 heterocycles. The van der Waals surface area contributed by atoms with Crippen molar-refractivity contribution in [3.05, 3.63) is 76.1 Å². The van der Waals surface area contributed by atoms with E-state index < -0.39 is 34.8 Å². The Morgan fingerprint density at radius 2 is 1.61 bits per heavy atom. The normalized spacial score (nSPS) is 11.8. The number of halogens is 2. The molecule has 0 aliphatic rings. The number of aryl methyl sites for hydroxylation is 1.